The minimum Gasteiger partial charge on any atom is -0.377 e. The molecular formula is C18H22O. The molecular weight excluding hydrogens is 232 g/mol. The van der Waals surface area contributed by atoms with Gasteiger partial charge in [-0.25, -0.2) is 0 Å². The Bertz CT molecular complexity index is 551. The van der Waals surface area contributed by atoms with Crippen LogP contribution in [0.25, 0.3) is 0 Å². The van der Waals surface area contributed by atoms with E-state index in [0.717, 1.165) is 0 Å². The maximum Gasteiger partial charge on any atom is 0.0789 e. The van der Waals surface area contributed by atoms with Crippen LogP contribution in [0, 0.1) is 5.92 Å². The first-order chi connectivity index (χ1) is 9.05. The molecule has 0 bridgehead atoms. The van der Waals surface area contributed by atoms with E-state index < -0.39 is 0 Å². The Morgan fingerprint density at radius 1 is 1.21 bits per heavy atom. The van der Waals surface area contributed by atoms with Gasteiger partial charge in [-0.2, -0.15) is 0 Å². The second-order valence-electron chi connectivity index (χ2n) is 6.26. The first-order valence-electron chi connectivity index (χ1n) is 7.08. The number of benzene rings is 1. The standard InChI is InChI=1S/C18H22O/c1-12(19-4)13-9-10-15-14-7-5-6-8-16(14)18(2,3)17(15)11-13/h5-12,15,17H,1-4H3. The minimum atomic E-state index is 0.178. The van der Waals surface area contributed by atoms with Crippen molar-refractivity contribution in [3.05, 3.63) is 59.2 Å². The van der Waals surface area contributed by atoms with Gasteiger partial charge in [0.05, 0.1) is 6.10 Å². The van der Waals surface area contributed by atoms with Crippen LogP contribution in [0.4, 0.5) is 0 Å². The lowest BCUT2D eigenvalue weighted by Crippen LogP contribution is -2.26. The molecule has 1 heteroatoms. The predicted octanol–water partition coefficient (Wildman–Crippen LogP) is 4.21. The molecule has 1 nitrogen and oxygen atoms in total. The monoisotopic (exact) mass is 254 g/mol. The maximum atomic E-state index is 5.46. The van der Waals surface area contributed by atoms with Crippen LogP contribution < -0.4 is 0 Å². The fourth-order valence-corrected chi connectivity index (χ4v) is 3.62. The molecule has 1 aromatic rings. The van der Waals surface area contributed by atoms with Gasteiger partial charge in [0.15, 0.2) is 0 Å². The van der Waals surface area contributed by atoms with Crippen molar-refractivity contribution in [1.29, 1.82) is 0 Å². The summed E-state index contributed by atoms with van der Waals surface area (Å²) in [5, 5.41) is 0. The van der Waals surface area contributed by atoms with E-state index in [4.69, 9.17) is 4.74 Å². The topological polar surface area (TPSA) is 9.23 Å². The van der Waals surface area contributed by atoms with E-state index >= 15 is 0 Å². The zero-order valence-electron chi connectivity index (χ0n) is 12.2. The number of hydrogen-bond acceptors (Lipinski definition) is 1. The van der Waals surface area contributed by atoms with Gasteiger partial charge in [0.25, 0.3) is 0 Å². The zero-order valence-corrected chi connectivity index (χ0v) is 12.2. The minimum absolute atomic E-state index is 0.178. The third-order valence-electron chi connectivity index (χ3n) is 4.93. The Morgan fingerprint density at radius 2 is 1.95 bits per heavy atom. The summed E-state index contributed by atoms with van der Waals surface area (Å²) in [6.07, 6.45) is 7.21. The molecule has 2 aliphatic rings. The van der Waals surface area contributed by atoms with Crippen molar-refractivity contribution in [3.63, 3.8) is 0 Å². The Balaban J connectivity index is 2.06. The lowest BCUT2D eigenvalue weighted by atomic mass is 9.73. The molecule has 100 valence electrons. The summed E-state index contributed by atoms with van der Waals surface area (Å²) >= 11 is 0. The van der Waals surface area contributed by atoms with E-state index in [1.807, 2.05) is 0 Å². The number of methoxy groups -OCH3 is 1. The molecule has 19 heavy (non-hydrogen) atoms. The van der Waals surface area contributed by atoms with Crippen molar-refractivity contribution in [3.8, 4) is 0 Å². The SMILES string of the molecule is COC(C)C1=CC2C(C=C1)c1ccccc1C2(C)C. The first kappa shape index (κ1) is 12.7. The van der Waals surface area contributed by atoms with E-state index in [0.29, 0.717) is 11.8 Å². The molecule has 0 aromatic heterocycles. The Kier molecular flexibility index (Phi) is 2.90. The van der Waals surface area contributed by atoms with E-state index in [1.54, 1.807) is 7.11 Å². The van der Waals surface area contributed by atoms with Gasteiger partial charge < -0.3 is 4.74 Å². The Morgan fingerprint density at radius 3 is 2.68 bits per heavy atom. The molecule has 0 aliphatic heterocycles. The number of ether oxygens (including phenoxy) is 1. The maximum absolute atomic E-state index is 5.46. The largest absolute Gasteiger partial charge is 0.377 e. The van der Waals surface area contributed by atoms with Crippen molar-refractivity contribution in [1.82, 2.24) is 0 Å². The van der Waals surface area contributed by atoms with Crippen molar-refractivity contribution < 1.29 is 4.74 Å². The van der Waals surface area contributed by atoms with E-state index in [-0.39, 0.29) is 11.5 Å². The predicted molar refractivity (Wildman–Crippen MR) is 79.4 cm³/mol. The highest BCUT2D eigenvalue weighted by Gasteiger charge is 2.44. The van der Waals surface area contributed by atoms with Crippen molar-refractivity contribution in [2.75, 3.05) is 7.11 Å². The molecule has 0 saturated carbocycles. The third-order valence-corrected chi connectivity index (χ3v) is 4.93. The van der Waals surface area contributed by atoms with Crippen molar-refractivity contribution in [2.45, 2.75) is 38.2 Å². The van der Waals surface area contributed by atoms with Crippen molar-refractivity contribution >= 4 is 0 Å². The van der Waals surface area contributed by atoms with Gasteiger partial charge in [0.2, 0.25) is 0 Å². The number of rotatable bonds is 2. The summed E-state index contributed by atoms with van der Waals surface area (Å²) in [6.45, 7) is 6.84. The molecule has 0 spiro atoms. The van der Waals surface area contributed by atoms with Crippen molar-refractivity contribution in [2.24, 2.45) is 5.92 Å². The van der Waals surface area contributed by atoms with Crippen LogP contribution in [-0.4, -0.2) is 13.2 Å². The molecule has 0 amide bonds. The normalized spacial score (nSPS) is 28.5. The van der Waals surface area contributed by atoms with Crippen LogP contribution in [-0.2, 0) is 10.2 Å². The van der Waals surface area contributed by atoms with Crippen LogP contribution in [0.15, 0.2) is 48.1 Å². The number of fused-ring (bicyclic) bond motifs is 3. The molecule has 3 atom stereocenters. The smallest absolute Gasteiger partial charge is 0.0789 e. The fourth-order valence-electron chi connectivity index (χ4n) is 3.62. The lowest BCUT2D eigenvalue weighted by Gasteiger charge is -2.31. The molecule has 0 saturated heterocycles. The number of allylic oxidation sites excluding steroid dienone is 2. The second kappa shape index (κ2) is 4.35. The van der Waals surface area contributed by atoms with E-state index in [1.165, 1.54) is 16.7 Å². The molecule has 1 aromatic carbocycles. The Hall–Kier alpha value is -1.34. The van der Waals surface area contributed by atoms with Gasteiger partial charge in [-0.15, -0.1) is 0 Å². The average molecular weight is 254 g/mol. The second-order valence-corrected chi connectivity index (χ2v) is 6.26. The first-order valence-corrected chi connectivity index (χ1v) is 7.08. The fraction of sp³-hybridized carbons (Fsp3) is 0.444. The summed E-state index contributed by atoms with van der Waals surface area (Å²) in [5.74, 6) is 1.07. The quantitative estimate of drug-likeness (QED) is 0.768. The van der Waals surface area contributed by atoms with Crippen LogP contribution in [0.1, 0.15) is 37.8 Å². The van der Waals surface area contributed by atoms with Crippen LogP contribution in [0.5, 0.6) is 0 Å². The van der Waals surface area contributed by atoms with Crippen LogP contribution in [0.3, 0.4) is 0 Å². The lowest BCUT2D eigenvalue weighted by molar-refractivity contribution is 0.148. The molecule has 0 heterocycles. The third kappa shape index (κ3) is 1.80. The highest BCUT2D eigenvalue weighted by atomic mass is 16.5. The highest BCUT2D eigenvalue weighted by molar-refractivity contribution is 5.50. The van der Waals surface area contributed by atoms with Gasteiger partial charge in [0, 0.05) is 13.0 Å². The summed E-state index contributed by atoms with van der Waals surface area (Å²) in [4.78, 5) is 0. The summed E-state index contributed by atoms with van der Waals surface area (Å²) in [5.41, 5.74) is 4.50. The zero-order chi connectivity index (χ0) is 13.6. The molecule has 0 radical (unpaired) electrons. The molecule has 0 fully saturated rings. The van der Waals surface area contributed by atoms with Crippen LogP contribution >= 0.6 is 0 Å². The van der Waals surface area contributed by atoms with E-state index in [2.05, 4.69) is 63.3 Å². The summed E-state index contributed by atoms with van der Waals surface area (Å²) in [6, 6.07) is 8.88. The molecule has 0 N–H and O–H groups in total. The van der Waals surface area contributed by atoms with E-state index in [9.17, 15) is 0 Å². The summed E-state index contributed by atoms with van der Waals surface area (Å²) in [7, 11) is 1.78. The molecule has 3 rings (SSSR count). The highest BCUT2D eigenvalue weighted by Crippen LogP contribution is 2.53. The van der Waals surface area contributed by atoms with Gasteiger partial charge >= 0.3 is 0 Å². The average Bonchev–Trinajstić information content (AvgIpc) is 2.67. The molecule has 3 unspecified atom stereocenters. The van der Waals surface area contributed by atoms with Gasteiger partial charge in [0.1, 0.15) is 0 Å². The van der Waals surface area contributed by atoms with Crippen LogP contribution in [0.2, 0.25) is 0 Å². The summed E-state index contributed by atoms with van der Waals surface area (Å²) < 4.78 is 5.46. The van der Waals surface area contributed by atoms with Gasteiger partial charge in [-0.1, -0.05) is 56.3 Å². The van der Waals surface area contributed by atoms with Gasteiger partial charge in [-0.05, 0) is 35.0 Å². The van der Waals surface area contributed by atoms with Gasteiger partial charge in [-0.3, -0.25) is 0 Å². The Labute approximate surface area is 116 Å². The molecule has 2 aliphatic carbocycles. The number of hydrogen-bond donors (Lipinski definition) is 0.